The van der Waals surface area contributed by atoms with Gasteiger partial charge in [0.05, 0.1) is 11.1 Å². The van der Waals surface area contributed by atoms with Gasteiger partial charge in [-0.1, -0.05) is 18.2 Å². The summed E-state index contributed by atoms with van der Waals surface area (Å²) in [5, 5.41) is 9.26. The minimum absolute atomic E-state index is 0.219. The molecule has 0 unspecified atom stereocenters. The van der Waals surface area contributed by atoms with Crippen molar-refractivity contribution < 1.29 is 9.90 Å². The normalized spacial score (nSPS) is 11.6. The zero-order valence-corrected chi connectivity index (χ0v) is 11.8. The van der Waals surface area contributed by atoms with Gasteiger partial charge in [-0.3, -0.25) is 9.36 Å². The first-order valence-electron chi connectivity index (χ1n) is 6.41. The molecule has 2 aromatic rings. The number of benzene rings is 1. The van der Waals surface area contributed by atoms with Crippen LogP contribution in [0.15, 0.2) is 35.3 Å². The molecule has 0 saturated heterocycles. The first kappa shape index (κ1) is 14.1. The van der Waals surface area contributed by atoms with E-state index in [2.05, 4.69) is 4.98 Å². The Morgan fingerprint density at radius 2 is 2.00 bits per heavy atom. The van der Waals surface area contributed by atoms with Crippen molar-refractivity contribution in [3.63, 3.8) is 0 Å². The number of H-pyrrole nitrogens is 1. The first-order chi connectivity index (χ1) is 9.33. The molecule has 0 aliphatic rings. The summed E-state index contributed by atoms with van der Waals surface area (Å²) in [6, 6.07) is 7.38. The molecule has 0 spiro atoms. The van der Waals surface area contributed by atoms with Crippen molar-refractivity contribution >= 4 is 5.97 Å². The third-order valence-corrected chi connectivity index (χ3v) is 3.40. The van der Waals surface area contributed by atoms with E-state index in [9.17, 15) is 14.7 Å². The lowest BCUT2D eigenvalue weighted by molar-refractivity contribution is -0.146. The van der Waals surface area contributed by atoms with Gasteiger partial charge in [-0.25, -0.2) is 4.79 Å². The summed E-state index contributed by atoms with van der Waals surface area (Å²) >= 11 is 0. The van der Waals surface area contributed by atoms with Gasteiger partial charge in [0, 0.05) is 11.9 Å². The van der Waals surface area contributed by atoms with Gasteiger partial charge >= 0.3 is 11.7 Å². The minimum atomic E-state index is -0.885. The van der Waals surface area contributed by atoms with Crippen molar-refractivity contribution in [1.82, 2.24) is 9.55 Å². The number of nitrogens with one attached hydrogen (secondary N) is 1. The topological polar surface area (TPSA) is 75.1 Å². The van der Waals surface area contributed by atoms with Crippen LogP contribution in [0.3, 0.4) is 0 Å². The molecule has 106 valence electrons. The number of imidazole rings is 1. The SMILES string of the molecule is Cc1c[nH]c(=O)n1-c1ccccc1CC(C)(C)C(=O)O. The number of para-hydroxylation sites is 1. The van der Waals surface area contributed by atoms with E-state index < -0.39 is 11.4 Å². The second-order valence-corrected chi connectivity index (χ2v) is 5.57. The fourth-order valence-corrected chi connectivity index (χ4v) is 2.19. The Morgan fingerprint density at radius 3 is 2.55 bits per heavy atom. The number of carbonyl (C=O) groups is 1. The van der Waals surface area contributed by atoms with Gasteiger partial charge in [0.1, 0.15) is 0 Å². The zero-order chi connectivity index (χ0) is 14.9. The average Bonchev–Trinajstić information content (AvgIpc) is 2.69. The van der Waals surface area contributed by atoms with Crippen molar-refractivity contribution in [2.75, 3.05) is 0 Å². The Morgan fingerprint density at radius 1 is 1.35 bits per heavy atom. The number of aliphatic carboxylic acids is 1. The summed E-state index contributed by atoms with van der Waals surface area (Å²) in [5.41, 5.74) is 1.25. The van der Waals surface area contributed by atoms with Crippen LogP contribution in [0.2, 0.25) is 0 Å². The third kappa shape index (κ3) is 2.52. The molecule has 0 saturated carbocycles. The second-order valence-electron chi connectivity index (χ2n) is 5.57. The van der Waals surface area contributed by atoms with Gasteiger partial charge in [-0.15, -0.1) is 0 Å². The number of rotatable bonds is 4. The number of hydrogen-bond acceptors (Lipinski definition) is 2. The summed E-state index contributed by atoms with van der Waals surface area (Å²) in [5.74, 6) is -0.856. The smallest absolute Gasteiger partial charge is 0.330 e. The Labute approximate surface area is 116 Å². The summed E-state index contributed by atoms with van der Waals surface area (Å²) in [7, 11) is 0. The number of aromatic amines is 1. The summed E-state index contributed by atoms with van der Waals surface area (Å²) in [6.07, 6.45) is 2.00. The lowest BCUT2D eigenvalue weighted by Crippen LogP contribution is -2.27. The number of aryl methyl sites for hydroxylation is 1. The number of carboxylic acids is 1. The van der Waals surface area contributed by atoms with Crippen LogP contribution in [0.25, 0.3) is 5.69 Å². The van der Waals surface area contributed by atoms with Crippen LogP contribution < -0.4 is 5.69 Å². The van der Waals surface area contributed by atoms with Crippen LogP contribution in [0.4, 0.5) is 0 Å². The summed E-state index contributed by atoms with van der Waals surface area (Å²) < 4.78 is 1.56. The van der Waals surface area contributed by atoms with Gasteiger partial charge in [0.2, 0.25) is 0 Å². The quantitative estimate of drug-likeness (QED) is 0.896. The number of aromatic nitrogens is 2. The third-order valence-electron chi connectivity index (χ3n) is 3.40. The lowest BCUT2D eigenvalue weighted by atomic mass is 9.85. The first-order valence-corrected chi connectivity index (χ1v) is 6.41. The molecule has 0 aliphatic carbocycles. The maximum Gasteiger partial charge on any atom is 0.330 e. The van der Waals surface area contributed by atoms with Gasteiger partial charge in [0.15, 0.2) is 0 Å². The Bertz CT molecular complexity index is 695. The minimum Gasteiger partial charge on any atom is -0.481 e. The number of nitrogens with zero attached hydrogens (tertiary/aromatic N) is 1. The van der Waals surface area contributed by atoms with E-state index in [0.717, 1.165) is 16.9 Å². The van der Waals surface area contributed by atoms with Crippen LogP contribution in [0, 0.1) is 12.3 Å². The Hall–Kier alpha value is -2.30. The van der Waals surface area contributed by atoms with Gasteiger partial charge in [-0.05, 0) is 38.8 Å². The molecule has 0 radical (unpaired) electrons. The van der Waals surface area contributed by atoms with E-state index in [1.165, 1.54) is 0 Å². The molecule has 1 aromatic carbocycles. The molecular weight excluding hydrogens is 256 g/mol. The van der Waals surface area contributed by atoms with E-state index in [4.69, 9.17) is 0 Å². The Kier molecular flexibility index (Phi) is 3.53. The van der Waals surface area contributed by atoms with E-state index in [1.807, 2.05) is 31.2 Å². The van der Waals surface area contributed by atoms with E-state index in [1.54, 1.807) is 24.6 Å². The highest BCUT2D eigenvalue weighted by molar-refractivity contribution is 5.74. The van der Waals surface area contributed by atoms with E-state index >= 15 is 0 Å². The molecule has 5 heteroatoms. The molecule has 0 atom stereocenters. The molecule has 1 heterocycles. The molecule has 5 nitrogen and oxygen atoms in total. The molecule has 1 aromatic heterocycles. The summed E-state index contributed by atoms with van der Waals surface area (Å²) in [4.78, 5) is 25.8. The van der Waals surface area contributed by atoms with Crippen LogP contribution in [-0.2, 0) is 11.2 Å². The van der Waals surface area contributed by atoms with Gasteiger partial charge in [-0.2, -0.15) is 0 Å². The highest BCUT2D eigenvalue weighted by Gasteiger charge is 2.28. The fourth-order valence-electron chi connectivity index (χ4n) is 2.19. The van der Waals surface area contributed by atoms with Crippen LogP contribution in [0.1, 0.15) is 25.1 Å². The van der Waals surface area contributed by atoms with Crippen molar-refractivity contribution in [3.05, 3.63) is 52.2 Å². The molecule has 0 amide bonds. The van der Waals surface area contributed by atoms with Crippen LogP contribution in [-0.4, -0.2) is 20.6 Å². The molecule has 0 fully saturated rings. The number of carboxylic acid groups (broad SMARTS) is 1. The number of hydrogen-bond donors (Lipinski definition) is 2. The molecular formula is C15H18N2O3. The maximum absolute atomic E-state index is 11.9. The van der Waals surface area contributed by atoms with Crippen LogP contribution >= 0.6 is 0 Å². The monoisotopic (exact) mass is 274 g/mol. The Balaban J connectivity index is 2.53. The molecule has 2 rings (SSSR count). The lowest BCUT2D eigenvalue weighted by Gasteiger charge is -2.21. The molecule has 0 bridgehead atoms. The predicted octanol–water partition coefficient (Wildman–Crippen LogP) is 2.13. The van der Waals surface area contributed by atoms with Crippen molar-refractivity contribution in [2.45, 2.75) is 27.2 Å². The maximum atomic E-state index is 11.9. The molecule has 2 N–H and O–H groups in total. The predicted molar refractivity (Wildman–Crippen MR) is 76.2 cm³/mol. The zero-order valence-electron chi connectivity index (χ0n) is 11.8. The highest BCUT2D eigenvalue weighted by Crippen LogP contribution is 2.26. The highest BCUT2D eigenvalue weighted by atomic mass is 16.4. The van der Waals surface area contributed by atoms with Gasteiger partial charge in [0.25, 0.3) is 0 Å². The van der Waals surface area contributed by atoms with Gasteiger partial charge < -0.3 is 10.1 Å². The largest absolute Gasteiger partial charge is 0.481 e. The van der Waals surface area contributed by atoms with Crippen molar-refractivity contribution in [3.8, 4) is 5.69 Å². The standard InChI is InChI=1S/C15H18N2O3/c1-10-9-16-14(20)17(10)12-7-5-4-6-11(12)8-15(2,3)13(18)19/h4-7,9H,8H2,1-3H3,(H,16,20)(H,18,19). The van der Waals surface area contributed by atoms with Crippen molar-refractivity contribution in [1.29, 1.82) is 0 Å². The van der Waals surface area contributed by atoms with E-state index in [0.29, 0.717) is 6.42 Å². The van der Waals surface area contributed by atoms with Crippen molar-refractivity contribution in [2.24, 2.45) is 5.41 Å². The average molecular weight is 274 g/mol. The van der Waals surface area contributed by atoms with Crippen LogP contribution in [0.5, 0.6) is 0 Å². The second kappa shape index (κ2) is 5.00. The molecule has 0 aliphatic heterocycles. The molecule has 20 heavy (non-hydrogen) atoms. The van der Waals surface area contributed by atoms with E-state index in [-0.39, 0.29) is 5.69 Å². The summed E-state index contributed by atoms with van der Waals surface area (Å²) in [6.45, 7) is 5.19. The fraction of sp³-hybridized carbons (Fsp3) is 0.333.